The summed E-state index contributed by atoms with van der Waals surface area (Å²) < 4.78 is 4.83. The Labute approximate surface area is 133 Å². The highest BCUT2D eigenvalue weighted by molar-refractivity contribution is 6.17. The quantitative estimate of drug-likeness (QED) is 0.449. The minimum Gasteiger partial charge on any atom is -0.479 e. The van der Waals surface area contributed by atoms with Crippen LogP contribution in [0.25, 0.3) is 0 Å². The molecular formula is C15H18ClNO5. The molecule has 0 aromatic heterocycles. The van der Waals surface area contributed by atoms with Crippen molar-refractivity contribution < 1.29 is 24.2 Å². The highest BCUT2D eigenvalue weighted by Gasteiger charge is 2.48. The molecule has 0 bridgehead atoms. The zero-order valence-electron chi connectivity index (χ0n) is 12.4. The van der Waals surface area contributed by atoms with Crippen LogP contribution in [-0.4, -0.2) is 35.1 Å². The van der Waals surface area contributed by atoms with Crippen LogP contribution in [0.4, 0.5) is 0 Å². The largest absolute Gasteiger partial charge is 0.479 e. The summed E-state index contributed by atoms with van der Waals surface area (Å²) in [5.41, 5.74) is -0.718. The van der Waals surface area contributed by atoms with Crippen molar-refractivity contribution in [2.75, 3.05) is 6.61 Å². The number of carbonyl (C=O) groups excluding carboxylic acids is 2. The number of carboxylic acids is 1. The van der Waals surface area contributed by atoms with E-state index in [9.17, 15) is 19.5 Å². The van der Waals surface area contributed by atoms with Crippen molar-refractivity contribution in [2.24, 2.45) is 0 Å². The maximum absolute atomic E-state index is 12.1. The van der Waals surface area contributed by atoms with Crippen LogP contribution in [0.15, 0.2) is 24.3 Å². The molecule has 1 rings (SSSR count). The van der Waals surface area contributed by atoms with Crippen molar-refractivity contribution in [2.45, 2.75) is 31.7 Å². The van der Waals surface area contributed by atoms with Gasteiger partial charge in [-0.3, -0.25) is 4.79 Å². The van der Waals surface area contributed by atoms with E-state index in [4.69, 9.17) is 16.3 Å². The van der Waals surface area contributed by atoms with Gasteiger partial charge in [-0.25, -0.2) is 9.59 Å². The Morgan fingerprint density at radius 3 is 2.18 bits per heavy atom. The topological polar surface area (TPSA) is 92.7 Å². The molecule has 1 unspecified atom stereocenters. The number of hydrogen-bond donors (Lipinski definition) is 2. The van der Waals surface area contributed by atoms with E-state index in [1.807, 2.05) is 0 Å². The van der Waals surface area contributed by atoms with Crippen LogP contribution in [-0.2, 0) is 31.4 Å². The second-order valence-electron chi connectivity index (χ2n) is 4.74. The van der Waals surface area contributed by atoms with E-state index in [0.717, 1.165) is 12.5 Å². The van der Waals surface area contributed by atoms with Crippen LogP contribution in [0.1, 0.15) is 25.0 Å². The number of carbonyl (C=O) groups is 3. The van der Waals surface area contributed by atoms with Crippen LogP contribution >= 0.6 is 11.6 Å². The first-order valence-corrected chi connectivity index (χ1v) is 7.22. The van der Waals surface area contributed by atoms with Crippen molar-refractivity contribution in [3.05, 3.63) is 35.4 Å². The Kier molecular flexibility index (Phi) is 6.37. The maximum atomic E-state index is 12.1. The molecule has 1 aromatic carbocycles. The van der Waals surface area contributed by atoms with E-state index < -0.39 is 23.4 Å². The van der Waals surface area contributed by atoms with Gasteiger partial charge < -0.3 is 15.2 Å². The number of benzene rings is 1. The Morgan fingerprint density at radius 2 is 1.77 bits per heavy atom. The first kappa shape index (κ1) is 18.0. The van der Waals surface area contributed by atoms with Gasteiger partial charge in [-0.15, -0.1) is 11.6 Å². The molecule has 0 fully saturated rings. The predicted octanol–water partition coefficient (Wildman–Crippen LogP) is 1.49. The van der Waals surface area contributed by atoms with Crippen LogP contribution < -0.4 is 5.32 Å². The van der Waals surface area contributed by atoms with Gasteiger partial charge in [0.25, 0.3) is 0 Å². The zero-order chi connectivity index (χ0) is 16.8. The normalized spacial score (nSPS) is 13.0. The highest BCUT2D eigenvalue weighted by atomic mass is 35.5. The van der Waals surface area contributed by atoms with Crippen molar-refractivity contribution in [1.29, 1.82) is 0 Å². The number of amides is 1. The molecule has 1 amide bonds. The van der Waals surface area contributed by atoms with Gasteiger partial charge in [0, 0.05) is 19.2 Å². The number of halogens is 1. The smallest absolute Gasteiger partial charge is 0.344 e. The van der Waals surface area contributed by atoms with E-state index in [-0.39, 0.29) is 13.0 Å². The average molecular weight is 328 g/mol. The fourth-order valence-electron chi connectivity index (χ4n) is 1.99. The summed E-state index contributed by atoms with van der Waals surface area (Å²) in [6.45, 7) is 2.72. The van der Waals surface area contributed by atoms with Gasteiger partial charge in [-0.1, -0.05) is 24.3 Å². The molecule has 0 radical (unpaired) electrons. The van der Waals surface area contributed by atoms with Gasteiger partial charge in [0.15, 0.2) is 0 Å². The number of aliphatic carboxylic acids is 1. The summed E-state index contributed by atoms with van der Waals surface area (Å²) >= 11 is 5.70. The van der Waals surface area contributed by atoms with Gasteiger partial charge in [-0.2, -0.15) is 0 Å². The minimum atomic E-state index is -2.15. The van der Waals surface area contributed by atoms with Crippen LogP contribution in [0, 0.1) is 0 Å². The lowest BCUT2D eigenvalue weighted by atomic mass is 9.90. The lowest BCUT2D eigenvalue weighted by Crippen LogP contribution is -2.61. The van der Waals surface area contributed by atoms with Crippen LogP contribution in [0.2, 0.25) is 0 Å². The molecule has 22 heavy (non-hydrogen) atoms. The van der Waals surface area contributed by atoms with Gasteiger partial charge >= 0.3 is 11.9 Å². The molecule has 0 saturated carbocycles. The lowest BCUT2D eigenvalue weighted by Gasteiger charge is -2.27. The van der Waals surface area contributed by atoms with Crippen molar-refractivity contribution >= 4 is 29.4 Å². The van der Waals surface area contributed by atoms with E-state index in [2.05, 4.69) is 5.32 Å². The maximum Gasteiger partial charge on any atom is 0.344 e. The van der Waals surface area contributed by atoms with Crippen molar-refractivity contribution in [3.8, 4) is 0 Å². The zero-order valence-corrected chi connectivity index (χ0v) is 13.1. The Balaban J connectivity index is 3.18. The molecule has 1 aromatic rings. The van der Waals surface area contributed by atoms with Gasteiger partial charge in [-0.05, 0) is 18.1 Å². The number of esters is 1. The highest BCUT2D eigenvalue weighted by Crippen LogP contribution is 2.18. The third kappa shape index (κ3) is 4.21. The fraction of sp³-hybridized carbons (Fsp3) is 0.400. The average Bonchev–Trinajstić information content (AvgIpc) is 2.46. The molecule has 0 aliphatic rings. The summed E-state index contributed by atoms with van der Waals surface area (Å²) in [5.74, 6) is -2.77. The van der Waals surface area contributed by atoms with Crippen molar-refractivity contribution in [1.82, 2.24) is 5.32 Å². The van der Waals surface area contributed by atoms with Gasteiger partial charge in [0.05, 0.1) is 6.61 Å². The van der Waals surface area contributed by atoms with E-state index in [1.54, 1.807) is 31.2 Å². The summed E-state index contributed by atoms with van der Waals surface area (Å²) in [4.78, 5) is 35.2. The first-order chi connectivity index (χ1) is 10.4. The predicted molar refractivity (Wildman–Crippen MR) is 80.5 cm³/mol. The molecule has 0 heterocycles. The second kappa shape index (κ2) is 7.79. The van der Waals surface area contributed by atoms with Crippen LogP contribution in [0.3, 0.4) is 0 Å². The summed E-state index contributed by atoms with van der Waals surface area (Å²) in [6, 6.07) is 6.79. The summed E-state index contributed by atoms with van der Waals surface area (Å²) in [5, 5.41) is 11.7. The van der Waals surface area contributed by atoms with E-state index >= 15 is 0 Å². The Hall–Kier alpha value is -2.08. The number of alkyl halides is 1. The van der Waals surface area contributed by atoms with E-state index in [0.29, 0.717) is 11.4 Å². The van der Waals surface area contributed by atoms with Gasteiger partial charge in [0.1, 0.15) is 0 Å². The Bertz CT molecular complexity index is 558. The van der Waals surface area contributed by atoms with E-state index in [1.165, 1.54) is 0 Å². The number of hydrogen-bond acceptors (Lipinski definition) is 4. The molecular weight excluding hydrogens is 310 g/mol. The lowest BCUT2D eigenvalue weighted by molar-refractivity contribution is -0.164. The third-order valence-electron chi connectivity index (χ3n) is 3.02. The molecule has 1 atom stereocenters. The van der Waals surface area contributed by atoms with Crippen LogP contribution in [0.5, 0.6) is 0 Å². The fourth-order valence-corrected chi connectivity index (χ4v) is 2.17. The molecule has 6 nitrogen and oxygen atoms in total. The molecule has 0 saturated heterocycles. The minimum absolute atomic E-state index is 0.0125. The third-order valence-corrected chi connectivity index (χ3v) is 3.33. The molecule has 0 aliphatic carbocycles. The number of nitrogens with one attached hydrogen (secondary N) is 1. The molecule has 0 aliphatic heterocycles. The molecule has 2 N–H and O–H groups in total. The molecule has 0 spiro atoms. The Morgan fingerprint density at radius 1 is 1.23 bits per heavy atom. The summed E-state index contributed by atoms with van der Waals surface area (Å²) in [7, 11) is 0. The standard InChI is InChI=1S/C15H18ClNO5/c1-3-22-14(21)15(13(19)20,17-10(2)18)8-11-4-6-12(9-16)7-5-11/h4-7H,3,8-9H2,1-2H3,(H,17,18)(H,19,20). The van der Waals surface area contributed by atoms with Gasteiger partial charge in [0.2, 0.25) is 11.4 Å². The molecule has 120 valence electrons. The number of carboxylic acid groups (broad SMARTS) is 1. The number of ether oxygens (including phenoxy) is 1. The monoisotopic (exact) mass is 327 g/mol. The first-order valence-electron chi connectivity index (χ1n) is 6.69. The summed E-state index contributed by atoms with van der Waals surface area (Å²) in [6.07, 6.45) is -0.219. The SMILES string of the molecule is CCOC(=O)C(Cc1ccc(CCl)cc1)(NC(C)=O)C(=O)O. The molecule has 7 heteroatoms. The second-order valence-corrected chi connectivity index (χ2v) is 5.01. The number of rotatable bonds is 7. The van der Waals surface area contributed by atoms with Crippen molar-refractivity contribution in [3.63, 3.8) is 0 Å².